The van der Waals surface area contributed by atoms with Crippen LogP contribution < -0.4 is 4.90 Å². The molecule has 0 unspecified atom stereocenters. The molecule has 2 aromatic heterocycles. The number of aryl methyl sites for hydroxylation is 1. The number of rotatable bonds is 3. The maximum absolute atomic E-state index is 12.6. The largest absolute Gasteiger partial charge is 0.462 e. The molecule has 0 radical (unpaired) electrons. The molecule has 0 aliphatic carbocycles. The third-order valence-electron chi connectivity index (χ3n) is 5.89. The van der Waals surface area contributed by atoms with Gasteiger partial charge < -0.3 is 18.8 Å². The van der Waals surface area contributed by atoms with Crippen molar-refractivity contribution in [2.75, 3.05) is 37.8 Å². The van der Waals surface area contributed by atoms with Gasteiger partial charge in [-0.2, -0.15) is 0 Å². The van der Waals surface area contributed by atoms with Crippen molar-refractivity contribution in [2.24, 2.45) is 0 Å². The number of esters is 1. The molecule has 0 bridgehead atoms. The second kappa shape index (κ2) is 7.49. The molecule has 1 saturated heterocycles. The van der Waals surface area contributed by atoms with E-state index in [4.69, 9.17) is 21.1 Å². The maximum Gasteiger partial charge on any atom is 0.339 e. The Morgan fingerprint density at radius 1 is 1.10 bits per heavy atom. The Balaban J connectivity index is 1.93. The monoisotopic (exact) mass is 422 g/mol. The Morgan fingerprint density at radius 2 is 1.87 bits per heavy atom. The van der Waals surface area contributed by atoms with Gasteiger partial charge in [-0.25, -0.2) is 4.79 Å². The highest BCUT2D eigenvalue weighted by molar-refractivity contribution is 6.38. The highest BCUT2D eigenvalue weighted by Crippen LogP contribution is 2.40. The molecule has 2 aromatic carbocycles. The van der Waals surface area contributed by atoms with Crippen LogP contribution in [0.25, 0.3) is 27.2 Å². The lowest BCUT2D eigenvalue weighted by Crippen LogP contribution is -2.36. The second-order valence-corrected chi connectivity index (χ2v) is 7.92. The van der Waals surface area contributed by atoms with Crippen LogP contribution in [-0.4, -0.2) is 43.3 Å². The van der Waals surface area contributed by atoms with Crippen LogP contribution in [0.15, 0.2) is 42.5 Å². The molecule has 0 spiro atoms. The van der Waals surface area contributed by atoms with Crippen LogP contribution in [-0.2, 0) is 9.47 Å². The lowest BCUT2D eigenvalue weighted by Gasteiger charge is -2.30. The van der Waals surface area contributed by atoms with Crippen molar-refractivity contribution in [3.8, 4) is 0 Å². The summed E-state index contributed by atoms with van der Waals surface area (Å²) in [6.45, 7) is 7.24. The first kappa shape index (κ1) is 19.2. The average molecular weight is 423 g/mol. The zero-order chi connectivity index (χ0) is 20.8. The fourth-order valence-corrected chi connectivity index (χ4v) is 4.84. The number of carbonyl (C=O) groups excluding carboxylic acids is 1. The van der Waals surface area contributed by atoms with Crippen LogP contribution in [0.4, 0.5) is 5.69 Å². The van der Waals surface area contributed by atoms with Gasteiger partial charge in [0.25, 0.3) is 0 Å². The van der Waals surface area contributed by atoms with Gasteiger partial charge in [0.05, 0.1) is 41.4 Å². The quantitative estimate of drug-likeness (QED) is 0.335. The van der Waals surface area contributed by atoms with Gasteiger partial charge in [-0.05, 0) is 43.5 Å². The fraction of sp³-hybridized carbons (Fsp3) is 0.292. The molecule has 30 heavy (non-hydrogen) atoms. The van der Waals surface area contributed by atoms with Crippen molar-refractivity contribution in [3.63, 3.8) is 0 Å². The number of anilines is 1. The Hall–Kier alpha value is -2.76. The molecule has 154 valence electrons. The first-order valence-electron chi connectivity index (χ1n) is 10.3. The molecule has 0 N–H and O–H groups in total. The number of hydrogen-bond acceptors (Lipinski definition) is 4. The van der Waals surface area contributed by atoms with E-state index in [1.54, 1.807) is 0 Å². The molecular formula is C24H23ClN2O3. The van der Waals surface area contributed by atoms with Gasteiger partial charge in [0.15, 0.2) is 0 Å². The van der Waals surface area contributed by atoms with Crippen molar-refractivity contribution < 1.29 is 14.3 Å². The van der Waals surface area contributed by atoms with Gasteiger partial charge in [0.1, 0.15) is 0 Å². The third-order valence-corrected chi connectivity index (χ3v) is 6.21. The van der Waals surface area contributed by atoms with Crippen molar-refractivity contribution in [3.05, 3.63) is 58.7 Å². The summed E-state index contributed by atoms with van der Waals surface area (Å²) in [6.07, 6.45) is 0. The normalized spacial score (nSPS) is 14.7. The molecule has 0 saturated carbocycles. The highest BCUT2D eigenvalue weighted by atomic mass is 35.5. The maximum atomic E-state index is 12.6. The van der Waals surface area contributed by atoms with E-state index in [9.17, 15) is 4.79 Å². The summed E-state index contributed by atoms with van der Waals surface area (Å²) in [5.41, 5.74) is 4.56. The van der Waals surface area contributed by atoms with Gasteiger partial charge in [0.2, 0.25) is 0 Å². The Kier molecular flexibility index (Phi) is 4.80. The molecule has 5 rings (SSSR count). The highest BCUT2D eigenvalue weighted by Gasteiger charge is 2.23. The summed E-state index contributed by atoms with van der Waals surface area (Å²) < 4.78 is 13.0. The van der Waals surface area contributed by atoms with Crippen LogP contribution in [0.5, 0.6) is 0 Å². The predicted octanol–water partition coefficient (Wildman–Crippen LogP) is 5.22. The van der Waals surface area contributed by atoms with Crippen LogP contribution in [0.2, 0.25) is 5.02 Å². The van der Waals surface area contributed by atoms with Crippen LogP contribution in [0, 0.1) is 6.92 Å². The number of carbonyl (C=O) groups is 1. The number of pyridine rings is 1. The average Bonchev–Trinajstić information content (AvgIpc) is 3.11. The van der Waals surface area contributed by atoms with E-state index >= 15 is 0 Å². The number of aromatic nitrogens is 1. The summed E-state index contributed by atoms with van der Waals surface area (Å²) in [6, 6.07) is 14.2. The number of benzene rings is 2. The van der Waals surface area contributed by atoms with E-state index in [1.165, 1.54) is 0 Å². The molecule has 4 aromatic rings. The third kappa shape index (κ3) is 2.84. The molecule has 1 aliphatic heterocycles. The molecule has 1 aliphatic rings. The number of ether oxygens (including phenoxy) is 2. The van der Waals surface area contributed by atoms with Gasteiger partial charge in [0, 0.05) is 35.2 Å². The molecule has 6 heteroatoms. The van der Waals surface area contributed by atoms with E-state index in [1.807, 2.05) is 32.0 Å². The topological polar surface area (TPSA) is 43.2 Å². The minimum Gasteiger partial charge on any atom is -0.462 e. The minimum atomic E-state index is -0.309. The van der Waals surface area contributed by atoms with Crippen LogP contribution >= 0.6 is 11.6 Å². The minimum absolute atomic E-state index is 0.309. The van der Waals surface area contributed by atoms with Crippen molar-refractivity contribution in [1.29, 1.82) is 0 Å². The number of fused-ring (bicyclic) bond motifs is 6. The van der Waals surface area contributed by atoms with Crippen molar-refractivity contribution in [2.45, 2.75) is 13.8 Å². The molecule has 0 atom stereocenters. The predicted molar refractivity (Wildman–Crippen MR) is 121 cm³/mol. The summed E-state index contributed by atoms with van der Waals surface area (Å²) in [5.74, 6) is -0.309. The number of hydrogen-bond donors (Lipinski definition) is 0. The van der Waals surface area contributed by atoms with Gasteiger partial charge in [-0.15, -0.1) is 0 Å². The van der Waals surface area contributed by atoms with Crippen molar-refractivity contribution in [1.82, 2.24) is 4.40 Å². The lowest BCUT2D eigenvalue weighted by atomic mass is 10.0. The Bertz CT molecular complexity index is 1290. The van der Waals surface area contributed by atoms with Gasteiger partial charge >= 0.3 is 5.97 Å². The standard InChI is InChI=1S/C24H23ClN2O3/c1-3-30-24(28)17-14-21-22-16(6-4-7-18(22)25)23-19(26-10-12-29-13-11-26)8-5-9-20(23)27(21)15(17)2/h4-9,14H,3,10-13H2,1-2H3. The zero-order valence-corrected chi connectivity index (χ0v) is 17.8. The summed E-state index contributed by atoms with van der Waals surface area (Å²) in [5, 5.41) is 3.84. The van der Waals surface area contributed by atoms with E-state index in [-0.39, 0.29) is 5.97 Å². The Labute approximate surface area is 179 Å². The molecule has 1 fully saturated rings. The summed E-state index contributed by atoms with van der Waals surface area (Å²) in [7, 11) is 0. The summed E-state index contributed by atoms with van der Waals surface area (Å²) >= 11 is 6.71. The van der Waals surface area contributed by atoms with Crippen LogP contribution in [0.3, 0.4) is 0 Å². The lowest BCUT2D eigenvalue weighted by molar-refractivity contribution is 0.0525. The SMILES string of the molecule is CCOC(=O)c1cc2c3c(Cl)cccc3c3c(N4CCOCC4)cccc3n2c1C. The van der Waals surface area contributed by atoms with E-state index in [0.29, 0.717) is 30.4 Å². The summed E-state index contributed by atoms with van der Waals surface area (Å²) in [4.78, 5) is 15.0. The first-order chi connectivity index (χ1) is 14.6. The number of morpholine rings is 1. The molecular weight excluding hydrogens is 400 g/mol. The molecule has 0 amide bonds. The number of nitrogens with zero attached hydrogens (tertiary/aromatic N) is 2. The van der Waals surface area contributed by atoms with Crippen LogP contribution in [0.1, 0.15) is 23.0 Å². The Morgan fingerprint density at radius 3 is 2.63 bits per heavy atom. The molecule has 3 heterocycles. The first-order valence-corrected chi connectivity index (χ1v) is 10.6. The van der Waals surface area contributed by atoms with E-state index in [2.05, 4.69) is 33.6 Å². The molecule has 5 nitrogen and oxygen atoms in total. The second-order valence-electron chi connectivity index (χ2n) is 7.52. The fourth-order valence-electron chi connectivity index (χ4n) is 4.57. The van der Waals surface area contributed by atoms with Gasteiger partial charge in [-0.1, -0.05) is 29.8 Å². The van der Waals surface area contributed by atoms with Crippen molar-refractivity contribution >= 4 is 50.4 Å². The zero-order valence-electron chi connectivity index (χ0n) is 17.1. The van der Waals surface area contributed by atoms with Gasteiger partial charge in [-0.3, -0.25) is 0 Å². The van der Waals surface area contributed by atoms with E-state index in [0.717, 1.165) is 51.7 Å². The van der Waals surface area contributed by atoms with E-state index < -0.39 is 0 Å². The number of halogens is 1. The smallest absolute Gasteiger partial charge is 0.339 e.